The average molecular weight is 492 g/mol. The molecule has 0 saturated heterocycles. The van der Waals surface area contributed by atoms with Crippen molar-refractivity contribution in [2.45, 2.75) is 40.7 Å². The van der Waals surface area contributed by atoms with Crippen molar-refractivity contribution in [3.8, 4) is 11.5 Å². The van der Waals surface area contributed by atoms with E-state index in [0.717, 1.165) is 41.3 Å². The number of ether oxygens (including phenoxy) is 2. The molecule has 1 amide bonds. The maximum absolute atomic E-state index is 13.6. The van der Waals surface area contributed by atoms with E-state index in [9.17, 15) is 4.79 Å². The van der Waals surface area contributed by atoms with Gasteiger partial charge >= 0.3 is 0 Å². The van der Waals surface area contributed by atoms with E-state index in [1.165, 1.54) is 11.3 Å². The van der Waals surface area contributed by atoms with E-state index in [1.807, 2.05) is 63.2 Å². The van der Waals surface area contributed by atoms with Crippen LogP contribution < -0.4 is 14.4 Å². The Morgan fingerprint density at radius 2 is 1.73 bits per heavy atom. The Kier molecular flexibility index (Phi) is 10.4. The van der Waals surface area contributed by atoms with Gasteiger partial charge in [0.05, 0.1) is 17.4 Å². The van der Waals surface area contributed by atoms with Crippen LogP contribution in [0.3, 0.4) is 0 Å². The predicted molar refractivity (Wildman–Crippen MR) is 140 cm³/mol. The quantitative estimate of drug-likeness (QED) is 0.334. The number of hydrogen-bond donors (Lipinski definition) is 0. The molecule has 180 valence electrons. The number of amides is 1. The smallest absolute Gasteiger partial charge is 0.260 e. The lowest BCUT2D eigenvalue weighted by atomic mass is 10.2. The highest BCUT2D eigenvalue weighted by molar-refractivity contribution is 7.22. The second-order valence-corrected chi connectivity index (χ2v) is 8.72. The molecule has 0 aliphatic carbocycles. The molecule has 3 rings (SSSR count). The first-order chi connectivity index (χ1) is 15.5. The van der Waals surface area contributed by atoms with Crippen LogP contribution in [0.5, 0.6) is 11.5 Å². The van der Waals surface area contributed by atoms with Gasteiger partial charge in [-0.15, -0.1) is 12.4 Å². The third kappa shape index (κ3) is 6.82. The third-order valence-corrected chi connectivity index (χ3v) is 6.20. The fourth-order valence-electron chi connectivity index (χ4n) is 3.47. The Labute approximate surface area is 206 Å². The fraction of sp³-hybridized carbons (Fsp3) is 0.440. The van der Waals surface area contributed by atoms with Gasteiger partial charge in [0, 0.05) is 18.7 Å². The van der Waals surface area contributed by atoms with Gasteiger partial charge in [0.15, 0.2) is 5.13 Å². The van der Waals surface area contributed by atoms with Crippen LogP contribution in [0.15, 0.2) is 42.5 Å². The highest BCUT2D eigenvalue weighted by Crippen LogP contribution is 2.35. The number of carbonyl (C=O) groups is 1. The SMILES string of the molecule is CCOc1cccc2sc(N(CCN(CC)CC)C(=O)c3ccc(OC(C)C)cc3)nc12.Cl. The van der Waals surface area contributed by atoms with Crippen molar-refractivity contribution in [2.75, 3.05) is 37.7 Å². The van der Waals surface area contributed by atoms with Gasteiger partial charge in [-0.05, 0) is 70.3 Å². The monoisotopic (exact) mass is 491 g/mol. The first-order valence-corrected chi connectivity index (χ1v) is 12.1. The van der Waals surface area contributed by atoms with Crippen molar-refractivity contribution < 1.29 is 14.3 Å². The van der Waals surface area contributed by atoms with E-state index in [1.54, 1.807) is 4.90 Å². The summed E-state index contributed by atoms with van der Waals surface area (Å²) in [5, 5.41) is 0.687. The molecule has 0 N–H and O–H groups in total. The van der Waals surface area contributed by atoms with E-state index < -0.39 is 0 Å². The molecule has 1 heterocycles. The topological polar surface area (TPSA) is 54.9 Å². The van der Waals surface area contributed by atoms with Gasteiger partial charge in [-0.25, -0.2) is 4.98 Å². The summed E-state index contributed by atoms with van der Waals surface area (Å²) in [6.07, 6.45) is 0.0874. The number of aromatic nitrogens is 1. The molecule has 0 bridgehead atoms. The number of carbonyl (C=O) groups excluding carboxylic acids is 1. The van der Waals surface area contributed by atoms with Crippen LogP contribution in [0.2, 0.25) is 0 Å². The molecule has 0 unspecified atom stereocenters. The highest BCUT2D eigenvalue weighted by Gasteiger charge is 2.23. The van der Waals surface area contributed by atoms with Gasteiger partial charge < -0.3 is 14.4 Å². The van der Waals surface area contributed by atoms with Crippen LogP contribution in [0.4, 0.5) is 5.13 Å². The standard InChI is InChI=1S/C25H33N3O3S.ClH/c1-6-27(7-2)16-17-28(24(29)19-12-14-20(15-13-19)31-18(4)5)25-26-23-21(30-8-3)10-9-11-22(23)32-25;/h9-15,18H,6-8,16-17H2,1-5H3;1H. The molecule has 0 atom stereocenters. The zero-order valence-electron chi connectivity index (χ0n) is 20.0. The number of para-hydroxylation sites is 1. The largest absolute Gasteiger partial charge is 0.492 e. The van der Waals surface area contributed by atoms with Gasteiger partial charge in [0.1, 0.15) is 17.0 Å². The third-order valence-electron chi connectivity index (χ3n) is 5.15. The number of anilines is 1. The molecule has 33 heavy (non-hydrogen) atoms. The summed E-state index contributed by atoms with van der Waals surface area (Å²) in [5.41, 5.74) is 1.42. The Morgan fingerprint density at radius 1 is 1.03 bits per heavy atom. The Bertz CT molecular complexity index is 1020. The normalized spacial score (nSPS) is 11.0. The minimum absolute atomic E-state index is 0. The molecule has 8 heteroatoms. The zero-order valence-corrected chi connectivity index (χ0v) is 21.7. The van der Waals surface area contributed by atoms with E-state index in [0.29, 0.717) is 23.8 Å². The van der Waals surface area contributed by atoms with Gasteiger partial charge in [0.2, 0.25) is 0 Å². The molecule has 1 aromatic heterocycles. The number of halogens is 1. The van der Waals surface area contributed by atoms with Crippen LogP contribution in [0.25, 0.3) is 10.2 Å². The van der Waals surface area contributed by atoms with E-state index >= 15 is 0 Å². The summed E-state index contributed by atoms with van der Waals surface area (Å²) in [4.78, 5) is 22.5. The second-order valence-electron chi connectivity index (χ2n) is 7.71. The molecule has 0 fully saturated rings. The van der Waals surface area contributed by atoms with Gasteiger partial charge in [-0.3, -0.25) is 9.69 Å². The lowest BCUT2D eigenvalue weighted by molar-refractivity contribution is 0.0983. The Hall–Kier alpha value is -2.35. The lowest BCUT2D eigenvalue weighted by Gasteiger charge is -2.24. The van der Waals surface area contributed by atoms with Gasteiger partial charge in [0.25, 0.3) is 5.91 Å². The van der Waals surface area contributed by atoms with E-state index in [4.69, 9.17) is 14.5 Å². The van der Waals surface area contributed by atoms with Crippen molar-refractivity contribution in [1.82, 2.24) is 9.88 Å². The zero-order chi connectivity index (χ0) is 23.1. The van der Waals surface area contributed by atoms with Crippen LogP contribution in [0, 0.1) is 0 Å². The molecule has 0 saturated carbocycles. The molecule has 0 aliphatic rings. The van der Waals surface area contributed by atoms with Gasteiger partial charge in [-0.1, -0.05) is 31.3 Å². The summed E-state index contributed by atoms with van der Waals surface area (Å²) >= 11 is 1.52. The highest BCUT2D eigenvalue weighted by atomic mass is 35.5. The number of benzene rings is 2. The minimum Gasteiger partial charge on any atom is -0.492 e. The van der Waals surface area contributed by atoms with Crippen LogP contribution in [0.1, 0.15) is 45.0 Å². The van der Waals surface area contributed by atoms with Crippen molar-refractivity contribution in [1.29, 1.82) is 0 Å². The minimum atomic E-state index is -0.0646. The lowest BCUT2D eigenvalue weighted by Crippen LogP contribution is -2.38. The summed E-state index contributed by atoms with van der Waals surface area (Å²) in [7, 11) is 0. The number of nitrogens with zero attached hydrogens (tertiary/aromatic N) is 3. The number of thiazole rings is 1. The molecule has 0 aliphatic heterocycles. The Balaban J connectivity index is 0.00000385. The number of hydrogen-bond acceptors (Lipinski definition) is 6. The molecular formula is C25H34ClN3O3S. The molecule has 0 spiro atoms. The molecule has 0 radical (unpaired) electrons. The van der Waals surface area contributed by atoms with Crippen LogP contribution in [-0.4, -0.2) is 54.7 Å². The van der Waals surface area contributed by atoms with Crippen LogP contribution in [-0.2, 0) is 0 Å². The first kappa shape index (κ1) is 26.9. The predicted octanol–water partition coefficient (Wildman–Crippen LogP) is 5.89. The fourth-order valence-corrected chi connectivity index (χ4v) is 4.48. The Morgan fingerprint density at radius 3 is 2.33 bits per heavy atom. The second kappa shape index (κ2) is 12.8. The first-order valence-electron chi connectivity index (χ1n) is 11.3. The van der Waals surface area contributed by atoms with Crippen molar-refractivity contribution in [3.05, 3.63) is 48.0 Å². The summed E-state index contributed by atoms with van der Waals surface area (Å²) in [6.45, 7) is 14.0. The van der Waals surface area contributed by atoms with Gasteiger partial charge in [-0.2, -0.15) is 0 Å². The molecule has 6 nitrogen and oxygen atoms in total. The number of fused-ring (bicyclic) bond motifs is 1. The number of likely N-dealkylation sites (N-methyl/N-ethyl adjacent to an activating group) is 1. The van der Waals surface area contributed by atoms with Crippen molar-refractivity contribution >= 4 is 45.0 Å². The maximum Gasteiger partial charge on any atom is 0.260 e. The molecule has 2 aromatic carbocycles. The number of rotatable bonds is 11. The molecular weight excluding hydrogens is 458 g/mol. The van der Waals surface area contributed by atoms with Crippen molar-refractivity contribution in [2.24, 2.45) is 0 Å². The van der Waals surface area contributed by atoms with E-state index in [-0.39, 0.29) is 24.4 Å². The van der Waals surface area contributed by atoms with Crippen LogP contribution >= 0.6 is 23.7 Å². The molecule has 3 aromatic rings. The van der Waals surface area contributed by atoms with E-state index in [2.05, 4.69) is 18.7 Å². The maximum atomic E-state index is 13.6. The average Bonchev–Trinajstić information content (AvgIpc) is 3.22. The van der Waals surface area contributed by atoms with Crippen molar-refractivity contribution in [3.63, 3.8) is 0 Å². The summed E-state index contributed by atoms with van der Waals surface area (Å²) in [5.74, 6) is 1.44. The summed E-state index contributed by atoms with van der Waals surface area (Å²) < 4.78 is 12.5. The summed E-state index contributed by atoms with van der Waals surface area (Å²) in [6, 6.07) is 13.2.